The van der Waals surface area contributed by atoms with E-state index in [0.29, 0.717) is 28.5 Å². The number of benzene rings is 5. The smallest absolute Gasteiger partial charge is 0.307 e. The van der Waals surface area contributed by atoms with E-state index in [9.17, 15) is 4.57 Å². The van der Waals surface area contributed by atoms with Crippen molar-refractivity contribution in [2.75, 3.05) is 0 Å². The standard InChI is InChI=1S/C39H31NO4P2/c1-3-5-12-29-26-45(41,43-38-17-10-8-15-32(29)38)30-19-21-35-33(24-30)34-25-31(20-22-36(34)40(35)4-2)46(42)39-18-11-7-14-28(39)23-27-13-6-9-16-37(27)44-46/h3,5-22,24-26H,1,4,23H2,2H3/b12-5-. The second-order valence-corrected chi connectivity index (χ2v) is 16.0. The van der Waals surface area contributed by atoms with Gasteiger partial charge in [-0.1, -0.05) is 79.4 Å². The molecule has 226 valence electrons. The number of aryl methyl sites for hydroxylation is 1. The van der Waals surface area contributed by atoms with E-state index in [0.717, 1.165) is 55.9 Å². The Morgan fingerprint density at radius 3 is 2.17 bits per heavy atom. The highest BCUT2D eigenvalue weighted by Crippen LogP contribution is 2.56. The molecule has 1 aromatic heterocycles. The molecule has 2 aliphatic heterocycles. The van der Waals surface area contributed by atoms with Crippen molar-refractivity contribution in [1.82, 2.24) is 4.57 Å². The molecule has 8 rings (SSSR count). The van der Waals surface area contributed by atoms with Crippen LogP contribution in [0.5, 0.6) is 11.5 Å². The summed E-state index contributed by atoms with van der Waals surface area (Å²) in [5.74, 6) is 2.96. The Hall–Kier alpha value is -4.82. The van der Waals surface area contributed by atoms with Gasteiger partial charge in [0.15, 0.2) is 0 Å². The lowest BCUT2D eigenvalue weighted by atomic mass is 10.0. The molecule has 0 spiro atoms. The molecule has 2 aliphatic rings. The number of nitrogens with zero attached hydrogens (tertiary/aromatic N) is 1. The summed E-state index contributed by atoms with van der Waals surface area (Å²) in [5.41, 5.74) is 5.72. The fraction of sp³-hybridized carbons (Fsp3) is 0.0769. The molecule has 0 N–H and O–H groups in total. The zero-order chi connectivity index (χ0) is 31.5. The van der Waals surface area contributed by atoms with Crippen LogP contribution in [0.4, 0.5) is 0 Å². The second-order valence-electron chi connectivity index (χ2n) is 11.6. The van der Waals surface area contributed by atoms with Gasteiger partial charge >= 0.3 is 7.37 Å². The first-order chi connectivity index (χ1) is 22.4. The Balaban J connectivity index is 1.33. The highest BCUT2D eigenvalue weighted by atomic mass is 31.2. The van der Waals surface area contributed by atoms with Crippen LogP contribution < -0.4 is 25.0 Å². The summed E-state index contributed by atoms with van der Waals surface area (Å²) in [6, 6.07) is 35.2. The molecular weight excluding hydrogens is 608 g/mol. The summed E-state index contributed by atoms with van der Waals surface area (Å²) in [6.07, 6.45) is 6.10. The van der Waals surface area contributed by atoms with Crippen LogP contribution in [0.15, 0.2) is 140 Å². The molecule has 5 nitrogen and oxygen atoms in total. The van der Waals surface area contributed by atoms with Crippen LogP contribution in [0.1, 0.15) is 23.6 Å². The van der Waals surface area contributed by atoms with E-state index in [-0.39, 0.29) is 0 Å². The maximum atomic E-state index is 15.2. The van der Waals surface area contributed by atoms with E-state index in [4.69, 9.17) is 9.05 Å². The molecule has 7 heteroatoms. The van der Waals surface area contributed by atoms with Gasteiger partial charge in [-0.3, -0.25) is 9.13 Å². The molecule has 2 atom stereocenters. The number of hydrogen-bond donors (Lipinski definition) is 0. The normalized spacial score (nSPS) is 20.2. The summed E-state index contributed by atoms with van der Waals surface area (Å²) in [6.45, 7) is 6.64. The van der Waals surface area contributed by atoms with Crippen LogP contribution in [-0.2, 0) is 22.1 Å². The molecule has 2 unspecified atom stereocenters. The number of hydrogen-bond acceptors (Lipinski definition) is 4. The summed E-state index contributed by atoms with van der Waals surface area (Å²) >= 11 is 0. The predicted molar refractivity (Wildman–Crippen MR) is 190 cm³/mol. The summed E-state index contributed by atoms with van der Waals surface area (Å²) in [5, 5.41) is 3.77. The van der Waals surface area contributed by atoms with Gasteiger partial charge in [-0.05, 0) is 78.2 Å². The fourth-order valence-corrected chi connectivity index (χ4v) is 11.0. The van der Waals surface area contributed by atoms with Crippen molar-refractivity contribution in [1.29, 1.82) is 0 Å². The molecule has 0 saturated heterocycles. The van der Waals surface area contributed by atoms with Gasteiger partial charge in [-0.25, -0.2) is 0 Å². The van der Waals surface area contributed by atoms with Gasteiger partial charge in [0.25, 0.3) is 7.37 Å². The molecule has 0 bridgehead atoms. The Labute approximate surface area is 268 Å². The Morgan fingerprint density at radius 2 is 1.41 bits per heavy atom. The lowest BCUT2D eigenvalue weighted by molar-refractivity contribution is 0.499. The van der Waals surface area contributed by atoms with E-state index >= 15 is 4.57 Å². The lowest BCUT2D eigenvalue weighted by Crippen LogP contribution is -2.21. The van der Waals surface area contributed by atoms with Crippen molar-refractivity contribution in [3.63, 3.8) is 0 Å². The quantitative estimate of drug-likeness (QED) is 0.140. The predicted octanol–water partition coefficient (Wildman–Crippen LogP) is 9.11. The van der Waals surface area contributed by atoms with Crippen LogP contribution in [-0.4, -0.2) is 4.57 Å². The summed E-state index contributed by atoms with van der Waals surface area (Å²) < 4.78 is 44.9. The minimum atomic E-state index is -3.53. The minimum absolute atomic E-state index is 0.581. The summed E-state index contributed by atoms with van der Waals surface area (Å²) in [7, 11) is -6.98. The molecule has 0 radical (unpaired) electrons. The third-order valence-electron chi connectivity index (χ3n) is 8.89. The van der Waals surface area contributed by atoms with Gasteiger partial charge in [0.05, 0.1) is 15.9 Å². The largest absolute Gasteiger partial charge is 0.437 e. The Kier molecular flexibility index (Phi) is 6.79. The van der Waals surface area contributed by atoms with Crippen LogP contribution in [0.25, 0.3) is 27.4 Å². The fourth-order valence-electron chi connectivity index (χ4n) is 6.71. The third kappa shape index (κ3) is 4.46. The van der Waals surface area contributed by atoms with Crippen LogP contribution in [0, 0.1) is 0 Å². The minimum Gasteiger partial charge on any atom is -0.437 e. The maximum absolute atomic E-state index is 15.2. The highest BCUT2D eigenvalue weighted by molar-refractivity contribution is 7.74. The van der Waals surface area contributed by atoms with E-state index < -0.39 is 14.7 Å². The first-order valence-electron chi connectivity index (χ1n) is 15.4. The maximum Gasteiger partial charge on any atom is 0.307 e. The van der Waals surface area contributed by atoms with Crippen molar-refractivity contribution < 1.29 is 18.2 Å². The van der Waals surface area contributed by atoms with Crippen LogP contribution in [0.3, 0.4) is 0 Å². The third-order valence-corrected chi connectivity index (χ3v) is 13.5. The van der Waals surface area contributed by atoms with Crippen molar-refractivity contribution >= 4 is 58.0 Å². The molecule has 0 saturated carbocycles. The van der Waals surface area contributed by atoms with E-state index in [1.54, 1.807) is 11.9 Å². The monoisotopic (exact) mass is 639 g/mol. The highest BCUT2D eigenvalue weighted by Gasteiger charge is 2.36. The van der Waals surface area contributed by atoms with Crippen molar-refractivity contribution in [3.8, 4) is 11.5 Å². The molecule has 46 heavy (non-hydrogen) atoms. The molecule has 0 amide bonds. The molecule has 5 aromatic carbocycles. The van der Waals surface area contributed by atoms with Crippen LogP contribution in [0.2, 0.25) is 0 Å². The van der Waals surface area contributed by atoms with E-state index in [1.807, 2.05) is 121 Å². The van der Waals surface area contributed by atoms with Gasteiger partial charge in [-0.15, -0.1) is 0 Å². The molecule has 3 heterocycles. The van der Waals surface area contributed by atoms with Gasteiger partial charge in [-0.2, -0.15) is 0 Å². The Bertz CT molecular complexity index is 2380. The van der Waals surface area contributed by atoms with Gasteiger partial charge < -0.3 is 13.6 Å². The molecular formula is C39H31NO4P2. The summed E-state index contributed by atoms with van der Waals surface area (Å²) in [4.78, 5) is 0. The molecule has 0 fully saturated rings. The zero-order valence-corrected chi connectivity index (χ0v) is 27.1. The van der Waals surface area contributed by atoms with Crippen molar-refractivity contribution in [2.24, 2.45) is 0 Å². The average molecular weight is 640 g/mol. The molecule has 0 aliphatic carbocycles. The first-order valence-corrected chi connectivity index (χ1v) is 18.7. The van der Waals surface area contributed by atoms with Gasteiger partial charge in [0.2, 0.25) is 0 Å². The second kappa shape index (κ2) is 10.9. The van der Waals surface area contributed by atoms with Crippen molar-refractivity contribution in [2.45, 2.75) is 19.9 Å². The zero-order valence-electron chi connectivity index (χ0n) is 25.3. The SMILES string of the molecule is C=C/C=C\C1=CP(=O)(c2ccc3c(c2)c2cc(P4(=O)Oc5ccccc5Cc5ccccc54)ccc2n3CC)Oc2ccccc21. The Morgan fingerprint density at radius 1 is 0.761 bits per heavy atom. The van der Waals surface area contributed by atoms with Gasteiger partial charge in [0.1, 0.15) is 11.5 Å². The van der Waals surface area contributed by atoms with E-state index in [2.05, 4.69) is 18.1 Å². The number of para-hydroxylation sites is 2. The number of rotatable bonds is 5. The first kappa shape index (κ1) is 28.6. The lowest BCUT2D eigenvalue weighted by Gasteiger charge is -2.25. The van der Waals surface area contributed by atoms with Crippen LogP contribution >= 0.6 is 14.7 Å². The number of fused-ring (bicyclic) bond motifs is 6. The van der Waals surface area contributed by atoms with Crippen molar-refractivity contribution in [3.05, 3.63) is 157 Å². The van der Waals surface area contributed by atoms with Gasteiger partial charge in [0, 0.05) is 46.2 Å². The average Bonchev–Trinajstić information content (AvgIpc) is 3.33. The van der Waals surface area contributed by atoms with E-state index in [1.165, 1.54) is 0 Å². The number of allylic oxidation sites excluding steroid dienone is 4. The number of aromatic nitrogens is 1. The topological polar surface area (TPSA) is 57.5 Å². The molecule has 6 aromatic rings.